The van der Waals surface area contributed by atoms with Crippen molar-refractivity contribution in [3.05, 3.63) is 54.0 Å². The molecule has 0 aliphatic rings. The van der Waals surface area contributed by atoms with Gasteiger partial charge >= 0.3 is 0 Å². The summed E-state index contributed by atoms with van der Waals surface area (Å²) in [7, 11) is 0. The van der Waals surface area contributed by atoms with Crippen LogP contribution < -0.4 is 5.32 Å². The minimum atomic E-state index is 0.800. The van der Waals surface area contributed by atoms with Crippen LogP contribution in [0, 0.1) is 0 Å². The molecule has 1 N–H and O–H groups in total. The third-order valence-electron chi connectivity index (χ3n) is 2.57. The Morgan fingerprint density at radius 1 is 1.05 bits per heavy atom. The van der Waals surface area contributed by atoms with Gasteiger partial charge in [0.1, 0.15) is 5.82 Å². The highest BCUT2D eigenvalue weighted by atomic mass is 32.1. The third-order valence-corrected chi connectivity index (χ3v) is 3.62. The largest absolute Gasteiger partial charge is 0.316 e. The molecule has 0 saturated heterocycles. The van der Waals surface area contributed by atoms with Crippen LogP contribution in [0.2, 0.25) is 0 Å². The lowest BCUT2D eigenvalue weighted by molar-refractivity contribution is 1.29. The zero-order valence-electron chi connectivity index (χ0n) is 9.95. The minimum Gasteiger partial charge on any atom is -0.316 e. The molecular weight excluding hydrogens is 274 g/mol. The van der Waals surface area contributed by atoms with Crippen molar-refractivity contribution in [2.45, 2.75) is 4.90 Å². The van der Waals surface area contributed by atoms with Crippen molar-refractivity contribution in [1.82, 2.24) is 9.97 Å². The highest BCUT2D eigenvalue weighted by Crippen LogP contribution is 2.27. The maximum atomic E-state index is 4.55. The van der Waals surface area contributed by atoms with Gasteiger partial charge in [0.05, 0.1) is 5.69 Å². The van der Waals surface area contributed by atoms with E-state index < -0.39 is 0 Å². The number of nitrogens with one attached hydrogen (secondary N) is 1. The maximum absolute atomic E-state index is 4.55. The Morgan fingerprint density at radius 2 is 1.89 bits per heavy atom. The summed E-state index contributed by atoms with van der Waals surface area (Å²) in [6.07, 6.45) is 1.75. The summed E-state index contributed by atoms with van der Waals surface area (Å²) in [6, 6.07) is 13.7. The number of hydrogen-bond acceptors (Lipinski definition) is 5. The van der Waals surface area contributed by atoms with Crippen molar-refractivity contribution in [2.75, 3.05) is 5.32 Å². The third kappa shape index (κ3) is 2.94. The monoisotopic (exact) mass is 285 g/mol. The summed E-state index contributed by atoms with van der Waals surface area (Å²) >= 11 is 5.84. The quantitative estimate of drug-likeness (QED) is 0.707. The molecule has 0 aliphatic carbocycles. The second kappa shape index (κ2) is 5.42. The zero-order valence-corrected chi connectivity index (χ0v) is 11.7. The maximum Gasteiger partial charge on any atom is 0.188 e. The van der Waals surface area contributed by atoms with Crippen LogP contribution in [0.4, 0.5) is 10.9 Å². The van der Waals surface area contributed by atoms with Crippen LogP contribution in [-0.2, 0) is 0 Å². The van der Waals surface area contributed by atoms with Gasteiger partial charge in [-0.15, -0.1) is 24.0 Å². The number of rotatable bonds is 3. The Bertz CT molecular complexity index is 663. The average Bonchev–Trinajstić information content (AvgIpc) is 2.89. The van der Waals surface area contributed by atoms with E-state index >= 15 is 0 Å². The lowest BCUT2D eigenvalue weighted by Crippen LogP contribution is -1.91. The number of thiazole rings is 1. The fourth-order valence-electron chi connectivity index (χ4n) is 1.64. The molecule has 3 aromatic rings. The molecule has 19 heavy (non-hydrogen) atoms. The van der Waals surface area contributed by atoms with E-state index in [0.29, 0.717) is 0 Å². The highest BCUT2D eigenvalue weighted by molar-refractivity contribution is 7.80. The molecule has 0 fully saturated rings. The van der Waals surface area contributed by atoms with E-state index in [1.807, 2.05) is 47.8 Å². The summed E-state index contributed by atoms with van der Waals surface area (Å²) in [5.41, 5.74) is 2.04. The number of thiol groups is 1. The molecular formula is C14H11N3S2. The molecule has 1 aromatic carbocycles. The first-order valence-electron chi connectivity index (χ1n) is 5.74. The smallest absolute Gasteiger partial charge is 0.188 e. The summed E-state index contributed by atoms with van der Waals surface area (Å²) in [4.78, 5) is 9.71. The van der Waals surface area contributed by atoms with Gasteiger partial charge in [-0.05, 0) is 24.3 Å². The second-order valence-corrected chi connectivity index (χ2v) is 5.30. The van der Waals surface area contributed by atoms with E-state index in [4.69, 9.17) is 0 Å². The van der Waals surface area contributed by atoms with Gasteiger partial charge in [0, 0.05) is 22.0 Å². The number of nitrogens with zero attached hydrogens (tertiary/aromatic N) is 2. The Labute approximate surface area is 120 Å². The average molecular weight is 285 g/mol. The van der Waals surface area contributed by atoms with Gasteiger partial charge in [0.25, 0.3) is 0 Å². The van der Waals surface area contributed by atoms with Crippen LogP contribution in [0.25, 0.3) is 11.3 Å². The van der Waals surface area contributed by atoms with Crippen LogP contribution >= 0.6 is 24.0 Å². The van der Waals surface area contributed by atoms with E-state index in [9.17, 15) is 0 Å². The van der Waals surface area contributed by atoms with Crippen LogP contribution in [0.1, 0.15) is 0 Å². The standard InChI is InChI=1S/C14H11N3S2/c18-11-6-4-10(5-7-11)12-9-19-14(16-12)17-13-3-1-2-8-15-13/h1-9,18H,(H,15,16,17). The Hall–Kier alpha value is -1.85. The van der Waals surface area contributed by atoms with Crippen LogP contribution in [0.5, 0.6) is 0 Å². The number of pyridine rings is 1. The first-order chi connectivity index (χ1) is 9.31. The molecule has 94 valence electrons. The molecule has 0 unspecified atom stereocenters. The van der Waals surface area contributed by atoms with Gasteiger partial charge in [-0.2, -0.15) is 0 Å². The van der Waals surface area contributed by atoms with E-state index in [1.54, 1.807) is 17.5 Å². The lowest BCUT2D eigenvalue weighted by Gasteiger charge is -2.00. The molecule has 3 nitrogen and oxygen atoms in total. The van der Waals surface area contributed by atoms with Gasteiger partial charge in [-0.25, -0.2) is 9.97 Å². The highest BCUT2D eigenvalue weighted by Gasteiger charge is 2.04. The van der Waals surface area contributed by atoms with E-state index in [0.717, 1.165) is 27.1 Å². The Morgan fingerprint density at radius 3 is 2.63 bits per heavy atom. The zero-order chi connectivity index (χ0) is 13.1. The molecule has 5 heteroatoms. The number of aromatic nitrogens is 2. The molecule has 0 radical (unpaired) electrons. The first kappa shape index (κ1) is 12.2. The lowest BCUT2D eigenvalue weighted by atomic mass is 10.2. The van der Waals surface area contributed by atoms with Crippen LogP contribution in [0.15, 0.2) is 58.9 Å². The normalized spacial score (nSPS) is 10.4. The molecule has 0 aliphatic heterocycles. The van der Waals surface area contributed by atoms with Crippen LogP contribution in [0.3, 0.4) is 0 Å². The predicted molar refractivity (Wildman–Crippen MR) is 82.3 cm³/mol. The summed E-state index contributed by atoms with van der Waals surface area (Å²) in [5, 5.41) is 6.05. The van der Waals surface area contributed by atoms with Crippen LogP contribution in [-0.4, -0.2) is 9.97 Å². The Balaban J connectivity index is 1.82. The van der Waals surface area contributed by atoms with Gasteiger partial charge in [-0.3, -0.25) is 0 Å². The SMILES string of the molecule is Sc1ccc(-c2csc(Nc3ccccn3)n2)cc1. The van der Waals surface area contributed by atoms with E-state index in [-0.39, 0.29) is 0 Å². The van der Waals surface area contributed by atoms with Crippen molar-refractivity contribution in [3.8, 4) is 11.3 Å². The van der Waals surface area contributed by atoms with E-state index in [2.05, 4.69) is 27.9 Å². The molecule has 0 atom stereocenters. The van der Waals surface area contributed by atoms with Gasteiger partial charge in [0.2, 0.25) is 0 Å². The molecule has 0 bridgehead atoms. The summed E-state index contributed by atoms with van der Waals surface area (Å²) in [6.45, 7) is 0. The summed E-state index contributed by atoms with van der Waals surface area (Å²) < 4.78 is 0. The molecule has 0 spiro atoms. The molecule has 0 amide bonds. The molecule has 0 saturated carbocycles. The fourth-order valence-corrected chi connectivity index (χ4v) is 2.52. The van der Waals surface area contributed by atoms with Gasteiger partial charge < -0.3 is 5.32 Å². The first-order valence-corrected chi connectivity index (χ1v) is 7.07. The van der Waals surface area contributed by atoms with Crippen molar-refractivity contribution >= 4 is 34.9 Å². The molecule has 2 heterocycles. The molecule has 3 rings (SSSR count). The van der Waals surface area contributed by atoms with Crippen molar-refractivity contribution < 1.29 is 0 Å². The number of anilines is 2. The van der Waals surface area contributed by atoms with E-state index in [1.165, 1.54) is 0 Å². The van der Waals surface area contributed by atoms with Gasteiger partial charge in [0.15, 0.2) is 5.13 Å². The predicted octanol–water partition coefficient (Wildman–Crippen LogP) is 4.24. The Kier molecular flexibility index (Phi) is 3.48. The number of benzene rings is 1. The summed E-state index contributed by atoms with van der Waals surface area (Å²) in [5.74, 6) is 0.800. The second-order valence-electron chi connectivity index (χ2n) is 3.92. The minimum absolute atomic E-state index is 0.800. The topological polar surface area (TPSA) is 37.8 Å². The van der Waals surface area contributed by atoms with Crippen molar-refractivity contribution in [1.29, 1.82) is 0 Å². The number of hydrogen-bond donors (Lipinski definition) is 2. The molecule has 2 aromatic heterocycles. The fraction of sp³-hybridized carbons (Fsp3) is 0. The van der Waals surface area contributed by atoms with Crippen molar-refractivity contribution in [3.63, 3.8) is 0 Å². The van der Waals surface area contributed by atoms with Crippen molar-refractivity contribution in [2.24, 2.45) is 0 Å². The van der Waals surface area contributed by atoms with Gasteiger partial charge in [-0.1, -0.05) is 18.2 Å².